The van der Waals surface area contributed by atoms with E-state index in [0.717, 1.165) is 43.8 Å². The zero-order chi connectivity index (χ0) is 27.1. The van der Waals surface area contributed by atoms with E-state index >= 15 is 0 Å². The second-order valence-corrected chi connectivity index (χ2v) is 11.6. The van der Waals surface area contributed by atoms with Gasteiger partial charge in [0.1, 0.15) is 11.6 Å². The minimum atomic E-state index is -0.812. The Hall–Kier alpha value is -3.82. The number of aliphatic hydroxyl groups is 1. The molecule has 200 valence electrons. The molecule has 7 nitrogen and oxygen atoms in total. The minimum absolute atomic E-state index is 0.221. The second-order valence-electron chi connectivity index (χ2n) is 10.3. The Bertz CT molecular complexity index is 1700. The first kappa shape index (κ1) is 25.5. The van der Waals surface area contributed by atoms with Gasteiger partial charge in [-0.2, -0.15) is 5.10 Å². The summed E-state index contributed by atoms with van der Waals surface area (Å²) in [5.41, 5.74) is 3.53. The van der Waals surface area contributed by atoms with E-state index in [4.69, 9.17) is 4.74 Å². The Balaban J connectivity index is 1.34. The number of aromatic amines is 1. The predicted molar refractivity (Wildman–Crippen MR) is 151 cm³/mol. The van der Waals surface area contributed by atoms with E-state index in [1.165, 1.54) is 13.2 Å². The number of rotatable bonds is 6. The first-order valence-electron chi connectivity index (χ1n) is 13.0. The molecule has 9 heteroatoms. The Morgan fingerprint density at radius 3 is 2.95 bits per heavy atom. The van der Waals surface area contributed by atoms with E-state index in [9.17, 15) is 14.3 Å². The molecule has 0 unspecified atom stereocenters. The number of aryl methyl sites for hydroxylation is 1. The van der Waals surface area contributed by atoms with Crippen LogP contribution in [0.15, 0.2) is 54.6 Å². The third-order valence-corrected chi connectivity index (χ3v) is 8.54. The van der Waals surface area contributed by atoms with E-state index in [1.807, 2.05) is 31.2 Å². The topological polar surface area (TPSA) is 100 Å². The largest absolute Gasteiger partial charge is 0.496 e. The van der Waals surface area contributed by atoms with Crippen molar-refractivity contribution in [2.45, 2.75) is 50.7 Å². The van der Waals surface area contributed by atoms with Crippen LogP contribution in [0.5, 0.6) is 5.75 Å². The Morgan fingerprint density at radius 2 is 2.13 bits per heavy atom. The maximum Gasteiger partial charge on any atom is 0.251 e. The van der Waals surface area contributed by atoms with Gasteiger partial charge in [-0.15, -0.1) is 11.3 Å². The number of methoxy groups -OCH3 is 1. The molecule has 0 spiro atoms. The van der Waals surface area contributed by atoms with Gasteiger partial charge in [-0.25, -0.2) is 9.37 Å². The molecule has 1 fully saturated rings. The molecule has 0 bridgehead atoms. The number of nitrogens with one attached hydrogen (secondary N) is 2. The molecule has 0 aliphatic heterocycles. The van der Waals surface area contributed by atoms with Crippen molar-refractivity contribution in [3.05, 3.63) is 76.5 Å². The van der Waals surface area contributed by atoms with Crippen LogP contribution < -0.4 is 10.1 Å². The standard InChI is InChI=1S/C30H29FN4O3S/c1-17-32-25-11-8-18(14-27(25)39-17)28-21-13-19(9-10-24(21)34-35-28)29(37)33-30(12-4-5-20(36)15-30)16-22-23(31)6-3-7-26(22)38-2/h3,6-11,13-14,20,36H,4-5,12,15-16H2,1-2H3,(H,33,37)(H,34,35)/t20-,30-/m0/s1. The van der Waals surface area contributed by atoms with Crippen molar-refractivity contribution in [2.24, 2.45) is 0 Å². The van der Waals surface area contributed by atoms with Gasteiger partial charge in [0, 0.05) is 34.0 Å². The summed E-state index contributed by atoms with van der Waals surface area (Å²) in [6.07, 6.45) is 1.98. The average Bonchev–Trinajstić information content (AvgIpc) is 3.51. The van der Waals surface area contributed by atoms with E-state index in [0.29, 0.717) is 36.1 Å². The quantitative estimate of drug-likeness (QED) is 0.246. The van der Waals surface area contributed by atoms with E-state index in [2.05, 4.69) is 26.6 Å². The van der Waals surface area contributed by atoms with Crippen molar-refractivity contribution < 1.29 is 19.0 Å². The molecular weight excluding hydrogens is 515 g/mol. The molecular formula is C30H29FN4O3S. The molecule has 39 heavy (non-hydrogen) atoms. The second kappa shape index (κ2) is 10.1. The number of hydrogen-bond acceptors (Lipinski definition) is 6. The van der Waals surface area contributed by atoms with Gasteiger partial charge < -0.3 is 15.2 Å². The zero-order valence-electron chi connectivity index (χ0n) is 21.8. The van der Waals surface area contributed by atoms with Crippen molar-refractivity contribution in [2.75, 3.05) is 7.11 Å². The summed E-state index contributed by atoms with van der Waals surface area (Å²) < 4.78 is 21.4. The fourth-order valence-corrected chi connectivity index (χ4v) is 6.63. The Kier molecular flexibility index (Phi) is 6.56. The molecule has 1 amide bonds. The maximum absolute atomic E-state index is 14.9. The fourth-order valence-electron chi connectivity index (χ4n) is 5.77. The lowest BCUT2D eigenvalue weighted by atomic mass is 9.75. The monoisotopic (exact) mass is 544 g/mol. The Labute approximate surface area is 229 Å². The van der Waals surface area contributed by atoms with Crippen molar-refractivity contribution in [1.82, 2.24) is 20.5 Å². The van der Waals surface area contributed by atoms with E-state index in [-0.39, 0.29) is 18.1 Å². The van der Waals surface area contributed by atoms with Gasteiger partial charge in [0.2, 0.25) is 0 Å². The number of H-pyrrole nitrogens is 1. The number of nitrogens with zero attached hydrogens (tertiary/aromatic N) is 2. The van der Waals surface area contributed by atoms with Crippen molar-refractivity contribution in [1.29, 1.82) is 0 Å². The molecule has 1 saturated carbocycles. The fraction of sp³-hybridized carbons (Fsp3) is 0.300. The lowest BCUT2D eigenvalue weighted by Crippen LogP contribution is -2.54. The van der Waals surface area contributed by atoms with Crippen molar-refractivity contribution >= 4 is 38.4 Å². The van der Waals surface area contributed by atoms with Crippen LogP contribution in [0.2, 0.25) is 0 Å². The number of amides is 1. The van der Waals surface area contributed by atoms with Crippen molar-refractivity contribution in [3.63, 3.8) is 0 Å². The number of halogens is 1. The molecule has 6 rings (SSSR count). The molecule has 3 aromatic carbocycles. The van der Waals surface area contributed by atoms with Gasteiger partial charge in [-0.3, -0.25) is 9.89 Å². The summed E-state index contributed by atoms with van der Waals surface area (Å²) in [7, 11) is 1.50. The van der Waals surface area contributed by atoms with Gasteiger partial charge in [-0.05, 0) is 75.1 Å². The highest BCUT2D eigenvalue weighted by Crippen LogP contribution is 2.36. The van der Waals surface area contributed by atoms with Crippen LogP contribution in [-0.4, -0.2) is 44.9 Å². The van der Waals surface area contributed by atoms with Crippen LogP contribution in [0, 0.1) is 12.7 Å². The van der Waals surface area contributed by atoms with Gasteiger partial charge in [0.25, 0.3) is 5.91 Å². The lowest BCUT2D eigenvalue weighted by molar-refractivity contribution is 0.0601. The SMILES string of the molecule is COc1cccc(F)c1C[C@]1(NC(=O)c2ccc3[nH]nc(-c4ccc5nc(C)sc5c4)c3c2)CCC[C@H](O)C1. The van der Waals surface area contributed by atoms with E-state index in [1.54, 1.807) is 29.5 Å². The van der Waals surface area contributed by atoms with Crippen LogP contribution in [0.3, 0.4) is 0 Å². The Morgan fingerprint density at radius 1 is 1.26 bits per heavy atom. The first-order chi connectivity index (χ1) is 18.8. The number of benzene rings is 3. The number of ether oxygens (including phenoxy) is 1. The van der Waals surface area contributed by atoms with Gasteiger partial charge in [-0.1, -0.05) is 12.1 Å². The molecule has 0 radical (unpaired) electrons. The van der Waals surface area contributed by atoms with Crippen LogP contribution >= 0.6 is 11.3 Å². The summed E-state index contributed by atoms with van der Waals surface area (Å²) in [5.74, 6) is -0.233. The predicted octanol–water partition coefficient (Wildman–Crippen LogP) is 5.94. The number of aliphatic hydroxyl groups excluding tert-OH is 1. The smallest absolute Gasteiger partial charge is 0.251 e. The lowest BCUT2D eigenvalue weighted by Gasteiger charge is -2.40. The summed E-state index contributed by atoms with van der Waals surface area (Å²) in [6.45, 7) is 1.99. The van der Waals surface area contributed by atoms with Crippen LogP contribution in [0.1, 0.15) is 46.6 Å². The molecule has 3 N–H and O–H groups in total. The highest BCUT2D eigenvalue weighted by atomic mass is 32.1. The highest BCUT2D eigenvalue weighted by Gasteiger charge is 2.39. The maximum atomic E-state index is 14.9. The number of carbonyl (C=O) groups is 1. The van der Waals surface area contributed by atoms with Crippen LogP contribution in [0.25, 0.3) is 32.4 Å². The molecule has 2 aromatic heterocycles. The summed E-state index contributed by atoms with van der Waals surface area (Å²) in [4.78, 5) is 18.2. The van der Waals surface area contributed by atoms with Crippen molar-refractivity contribution in [3.8, 4) is 17.0 Å². The van der Waals surface area contributed by atoms with E-state index < -0.39 is 11.6 Å². The van der Waals surface area contributed by atoms with Crippen LogP contribution in [-0.2, 0) is 6.42 Å². The molecule has 5 aromatic rings. The number of aromatic nitrogens is 3. The number of thiazole rings is 1. The summed E-state index contributed by atoms with van der Waals surface area (Å²) in [6, 6.07) is 16.2. The van der Waals surface area contributed by atoms with Crippen LogP contribution in [0.4, 0.5) is 4.39 Å². The molecule has 2 heterocycles. The minimum Gasteiger partial charge on any atom is -0.496 e. The van der Waals surface area contributed by atoms with Gasteiger partial charge >= 0.3 is 0 Å². The third kappa shape index (κ3) is 4.88. The molecule has 1 aliphatic carbocycles. The number of carbonyl (C=O) groups excluding carboxylic acids is 1. The average molecular weight is 545 g/mol. The third-order valence-electron chi connectivity index (χ3n) is 7.60. The van der Waals surface area contributed by atoms with Gasteiger partial charge in [0.05, 0.1) is 39.6 Å². The summed E-state index contributed by atoms with van der Waals surface area (Å²) in [5, 5.41) is 23.2. The number of fused-ring (bicyclic) bond motifs is 2. The summed E-state index contributed by atoms with van der Waals surface area (Å²) >= 11 is 1.63. The molecule has 2 atom stereocenters. The normalized spacial score (nSPS) is 19.4. The van der Waals surface area contributed by atoms with Gasteiger partial charge in [0.15, 0.2) is 0 Å². The highest BCUT2D eigenvalue weighted by molar-refractivity contribution is 7.18. The number of hydrogen-bond donors (Lipinski definition) is 3. The first-order valence-corrected chi connectivity index (χ1v) is 13.8. The molecule has 1 aliphatic rings. The molecule has 0 saturated heterocycles. The zero-order valence-corrected chi connectivity index (χ0v) is 22.6.